The number of carbonyl (C=O) groups is 1. The van der Waals surface area contributed by atoms with E-state index in [2.05, 4.69) is 4.72 Å². The summed E-state index contributed by atoms with van der Waals surface area (Å²) in [5.74, 6) is -1.09. The lowest BCUT2D eigenvalue weighted by atomic mass is 10.2. The van der Waals surface area contributed by atoms with Crippen molar-refractivity contribution in [1.29, 1.82) is 5.26 Å². The Morgan fingerprint density at radius 3 is 2.50 bits per heavy atom. The summed E-state index contributed by atoms with van der Waals surface area (Å²) in [6.45, 7) is 1.97. The molecule has 1 aromatic carbocycles. The highest BCUT2D eigenvalue weighted by Gasteiger charge is 2.10. The minimum atomic E-state index is -3.66. The van der Waals surface area contributed by atoms with Crippen molar-refractivity contribution in [2.75, 3.05) is 17.1 Å². The Bertz CT molecular complexity index is 558. The van der Waals surface area contributed by atoms with Gasteiger partial charge in [0, 0.05) is 5.69 Å². The second kappa shape index (κ2) is 6.02. The predicted molar refractivity (Wildman–Crippen MR) is 65.4 cm³/mol. The first kappa shape index (κ1) is 14.0. The van der Waals surface area contributed by atoms with Crippen LogP contribution in [0, 0.1) is 11.3 Å². The van der Waals surface area contributed by atoms with E-state index in [1.54, 1.807) is 13.0 Å². The molecule has 0 radical (unpaired) electrons. The zero-order chi connectivity index (χ0) is 13.6. The monoisotopic (exact) mass is 268 g/mol. The van der Waals surface area contributed by atoms with Crippen LogP contribution >= 0.6 is 0 Å². The quantitative estimate of drug-likeness (QED) is 0.807. The highest BCUT2D eigenvalue weighted by molar-refractivity contribution is 7.92. The third-order valence-corrected chi connectivity index (χ3v) is 2.98. The summed E-state index contributed by atoms with van der Waals surface area (Å²) in [7, 11) is -3.66. The molecule has 96 valence electrons. The van der Waals surface area contributed by atoms with Gasteiger partial charge in [-0.25, -0.2) is 13.2 Å². The second-order valence-corrected chi connectivity index (χ2v) is 5.04. The van der Waals surface area contributed by atoms with E-state index < -0.39 is 21.7 Å². The zero-order valence-corrected chi connectivity index (χ0v) is 10.5. The van der Waals surface area contributed by atoms with E-state index in [4.69, 9.17) is 10.00 Å². The number of nitrogens with zero attached hydrogens (tertiary/aromatic N) is 1. The van der Waals surface area contributed by atoms with Crippen LogP contribution in [0.3, 0.4) is 0 Å². The molecule has 0 aliphatic rings. The molecule has 0 saturated carbocycles. The van der Waals surface area contributed by atoms with Crippen molar-refractivity contribution in [3.8, 4) is 6.07 Å². The molecule has 18 heavy (non-hydrogen) atoms. The average molecular weight is 268 g/mol. The number of anilines is 1. The maximum Gasteiger partial charge on any atom is 0.338 e. The van der Waals surface area contributed by atoms with Gasteiger partial charge in [-0.3, -0.25) is 4.72 Å². The summed E-state index contributed by atoms with van der Waals surface area (Å²) in [5.41, 5.74) is 0.623. The molecular formula is C11H12N2O4S. The van der Waals surface area contributed by atoms with Crippen molar-refractivity contribution < 1.29 is 17.9 Å². The molecule has 7 heteroatoms. The Morgan fingerprint density at radius 1 is 1.39 bits per heavy atom. The van der Waals surface area contributed by atoms with Gasteiger partial charge in [0.25, 0.3) is 0 Å². The third-order valence-electron chi connectivity index (χ3n) is 1.92. The number of sulfonamides is 1. The standard InChI is InChI=1S/C11H12N2O4S/c1-2-17-11(14)9-3-5-10(6-4-9)13-18(15,16)8-7-12/h3-6,13H,2,8H2,1H3. The molecule has 1 N–H and O–H groups in total. The van der Waals surface area contributed by atoms with Crippen molar-refractivity contribution in [3.63, 3.8) is 0 Å². The Morgan fingerprint density at radius 2 is 2.00 bits per heavy atom. The van der Waals surface area contributed by atoms with Gasteiger partial charge in [0.2, 0.25) is 10.0 Å². The topological polar surface area (TPSA) is 96.3 Å². The van der Waals surface area contributed by atoms with Crippen LogP contribution in [-0.2, 0) is 14.8 Å². The molecule has 0 atom stereocenters. The van der Waals surface area contributed by atoms with E-state index in [9.17, 15) is 13.2 Å². The van der Waals surface area contributed by atoms with Gasteiger partial charge in [0.1, 0.15) is 0 Å². The SMILES string of the molecule is CCOC(=O)c1ccc(NS(=O)(=O)CC#N)cc1. The van der Waals surface area contributed by atoms with Crippen LogP contribution in [0.1, 0.15) is 17.3 Å². The first-order valence-corrected chi connectivity index (χ1v) is 6.78. The summed E-state index contributed by atoms with van der Waals surface area (Å²) in [5, 5.41) is 8.33. The van der Waals surface area contributed by atoms with Crippen LogP contribution in [0.2, 0.25) is 0 Å². The largest absolute Gasteiger partial charge is 0.462 e. The number of carbonyl (C=O) groups excluding carboxylic acids is 1. The van der Waals surface area contributed by atoms with E-state index in [1.807, 2.05) is 0 Å². The van der Waals surface area contributed by atoms with E-state index in [0.717, 1.165) is 0 Å². The van der Waals surface area contributed by atoms with Crippen molar-refractivity contribution in [3.05, 3.63) is 29.8 Å². The first-order valence-electron chi connectivity index (χ1n) is 5.13. The lowest BCUT2D eigenvalue weighted by Gasteiger charge is -2.06. The van der Waals surface area contributed by atoms with Gasteiger partial charge in [-0.1, -0.05) is 0 Å². The van der Waals surface area contributed by atoms with Gasteiger partial charge in [0.05, 0.1) is 18.2 Å². The Labute approximate surface area is 105 Å². The van der Waals surface area contributed by atoms with Gasteiger partial charge in [-0.15, -0.1) is 0 Å². The second-order valence-electron chi connectivity index (χ2n) is 3.32. The maximum atomic E-state index is 11.3. The molecule has 0 aliphatic carbocycles. The first-order chi connectivity index (χ1) is 8.48. The Hall–Kier alpha value is -2.07. The number of esters is 1. The molecule has 1 rings (SSSR count). The summed E-state index contributed by atoms with van der Waals surface area (Å²) >= 11 is 0. The normalized spacial score (nSPS) is 10.4. The molecule has 0 saturated heterocycles. The van der Waals surface area contributed by atoms with E-state index >= 15 is 0 Å². The van der Waals surface area contributed by atoms with Gasteiger partial charge in [-0.05, 0) is 31.2 Å². The molecule has 6 nitrogen and oxygen atoms in total. The van der Waals surface area contributed by atoms with Gasteiger partial charge in [0.15, 0.2) is 5.75 Å². The fraction of sp³-hybridized carbons (Fsp3) is 0.273. The molecule has 0 amide bonds. The number of hydrogen-bond acceptors (Lipinski definition) is 5. The van der Waals surface area contributed by atoms with E-state index in [1.165, 1.54) is 24.3 Å². The summed E-state index contributed by atoms with van der Waals surface area (Å²) in [6.07, 6.45) is 0. The molecule has 0 unspecified atom stereocenters. The van der Waals surface area contributed by atoms with Gasteiger partial charge in [-0.2, -0.15) is 5.26 Å². The molecule has 0 spiro atoms. The fourth-order valence-corrected chi connectivity index (χ4v) is 1.93. The number of benzene rings is 1. The van der Waals surface area contributed by atoms with E-state index in [-0.39, 0.29) is 6.61 Å². The molecule has 0 bridgehead atoms. The number of hydrogen-bond donors (Lipinski definition) is 1. The highest BCUT2D eigenvalue weighted by Crippen LogP contribution is 2.12. The van der Waals surface area contributed by atoms with Crippen LogP contribution in [0.25, 0.3) is 0 Å². The summed E-state index contributed by atoms with van der Waals surface area (Å²) in [6, 6.07) is 7.31. The highest BCUT2D eigenvalue weighted by atomic mass is 32.2. The molecular weight excluding hydrogens is 256 g/mol. The molecule has 0 fully saturated rings. The minimum Gasteiger partial charge on any atom is -0.462 e. The molecule has 1 aromatic rings. The summed E-state index contributed by atoms with van der Waals surface area (Å²) < 4.78 is 29.6. The lowest BCUT2D eigenvalue weighted by Crippen LogP contribution is -2.15. The maximum absolute atomic E-state index is 11.3. The molecule has 0 aliphatic heterocycles. The van der Waals surface area contributed by atoms with Crippen molar-refractivity contribution in [1.82, 2.24) is 0 Å². The van der Waals surface area contributed by atoms with Crippen molar-refractivity contribution in [2.24, 2.45) is 0 Å². The lowest BCUT2D eigenvalue weighted by molar-refractivity contribution is 0.0526. The van der Waals surface area contributed by atoms with Gasteiger partial charge < -0.3 is 4.74 Å². The van der Waals surface area contributed by atoms with Crippen LogP contribution in [-0.4, -0.2) is 26.7 Å². The van der Waals surface area contributed by atoms with Crippen LogP contribution in [0.4, 0.5) is 5.69 Å². The fourth-order valence-electron chi connectivity index (χ4n) is 1.19. The van der Waals surface area contributed by atoms with Crippen LogP contribution < -0.4 is 4.72 Å². The van der Waals surface area contributed by atoms with Gasteiger partial charge >= 0.3 is 5.97 Å². The zero-order valence-electron chi connectivity index (χ0n) is 9.71. The Kier molecular flexibility index (Phi) is 4.68. The molecule has 0 heterocycles. The van der Waals surface area contributed by atoms with Crippen molar-refractivity contribution >= 4 is 21.7 Å². The summed E-state index contributed by atoms with van der Waals surface area (Å²) in [4.78, 5) is 11.3. The Balaban J connectivity index is 2.78. The van der Waals surface area contributed by atoms with Crippen LogP contribution in [0.15, 0.2) is 24.3 Å². The minimum absolute atomic E-state index is 0.273. The predicted octanol–water partition coefficient (Wildman–Crippen LogP) is 1.13. The number of rotatable bonds is 5. The average Bonchev–Trinajstić information content (AvgIpc) is 2.29. The molecule has 0 aromatic heterocycles. The number of ether oxygens (including phenoxy) is 1. The van der Waals surface area contributed by atoms with E-state index in [0.29, 0.717) is 11.3 Å². The number of nitriles is 1. The smallest absolute Gasteiger partial charge is 0.338 e. The van der Waals surface area contributed by atoms with Crippen molar-refractivity contribution in [2.45, 2.75) is 6.92 Å². The third kappa shape index (κ3) is 4.07. The van der Waals surface area contributed by atoms with Crippen LogP contribution in [0.5, 0.6) is 0 Å². The number of nitrogens with one attached hydrogen (secondary N) is 1.